The number of nitrogens with zero attached hydrogens (tertiary/aromatic N) is 4. The Kier molecular flexibility index (Phi) is 6.28. The largest absolute Gasteiger partial charge is 0.308 e. The maximum Gasteiger partial charge on any atom is 0.223 e. The van der Waals surface area contributed by atoms with Gasteiger partial charge in [0.2, 0.25) is 11.9 Å². The van der Waals surface area contributed by atoms with Gasteiger partial charge in [-0.1, -0.05) is 97.1 Å². The van der Waals surface area contributed by atoms with Gasteiger partial charge in [0.25, 0.3) is 0 Å². The van der Waals surface area contributed by atoms with Crippen molar-refractivity contribution in [1.82, 2.24) is 18.7 Å². The van der Waals surface area contributed by atoms with Crippen molar-refractivity contribution in [2.24, 2.45) is 0 Å². The van der Waals surface area contributed by atoms with Crippen LogP contribution in [-0.4, -0.2) is 18.7 Å². The van der Waals surface area contributed by atoms with Gasteiger partial charge in [0, 0.05) is 54.9 Å². The summed E-state index contributed by atoms with van der Waals surface area (Å²) in [7, 11) is 0. The molecule has 7 aromatic carbocycles. The Labute approximate surface area is 302 Å². The van der Waals surface area contributed by atoms with Crippen molar-refractivity contribution in [1.29, 1.82) is 0 Å². The van der Waals surface area contributed by atoms with Gasteiger partial charge in [-0.05, 0) is 78.4 Å². The molecular formula is C47H28F2N4. The van der Waals surface area contributed by atoms with Gasteiger partial charge in [-0.3, -0.25) is 0 Å². The van der Waals surface area contributed by atoms with E-state index in [1.165, 1.54) is 12.1 Å². The van der Waals surface area contributed by atoms with E-state index in [0.717, 1.165) is 82.5 Å². The smallest absolute Gasteiger partial charge is 0.223 e. The highest BCUT2D eigenvalue weighted by Crippen LogP contribution is 2.50. The van der Waals surface area contributed by atoms with E-state index in [9.17, 15) is 4.39 Å². The second-order valence-corrected chi connectivity index (χ2v) is 13.4. The van der Waals surface area contributed by atoms with Gasteiger partial charge in [-0.25, -0.2) is 0 Å². The SMILES string of the molecule is Fc1ccc(-c2ccc3c(c2)c2c4c(c5ccccc5n4-c4ccccc4)c4c(c5ccccc5n4-c4ccccc4)c2n3-c2ccccc2)c(F)n1. The summed E-state index contributed by atoms with van der Waals surface area (Å²) in [5.74, 6) is -1.69. The first-order chi connectivity index (χ1) is 26.2. The minimum absolute atomic E-state index is 0.246. The lowest BCUT2D eigenvalue weighted by Crippen LogP contribution is -1.97. The summed E-state index contributed by atoms with van der Waals surface area (Å²) in [4.78, 5) is 3.54. The molecule has 0 radical (unpaired) electrons. The summed E-state index contributed by atoms with van der Waals surface area (Å²) in [5, 5.41) is 6.50. The van der Waals surface area contributed by atoms with E-state index in [-0.39, 0.29) is 5.56 Å². The summed E-state index contributed by atoms with van der Waals surface area (Å²) in [6.07, 6.45) is 0. The van der Waals surface area contributed by atoms with Crippen LogP contribution in [-0.2, 0) is 0 Å². The molecule has 6 heteroatoms. The maximum atomic E-state index is 15.4. The molecule has 0 aliphatic carbocycles. The fourth-order valence-electron chi connectivity index (χ4n) is 8.53. The number of hydrogen-bond acceptors (Lipinski definition) is 1. The quantitative estimate of drug-likeness (QED) is 0.169. The number of fused-ring (bicyclic) bond motifs is 12. The lowest BCUT2D eigenvalue weighted by Gasteiger charge is -2.13. The highest BCUT2D eigenvalue weighted by atomic mass is 19.1. The van der Waals surface area contributed by atoms with Crippen LogP contribution in [0.1, 0.15) is 0 Å². The second kappa shape index (κ2) is 11.2. The molecule has 0 amide bonds. The Morgan fingerprint density at radius 1 is 0.377 bits per heavy atom. The van der Waals surface area contributed by atoms with Crippen LogP contribution < -0.4 is 0 Å². The first-order valence-electron chi connectivity index (χ1n) is 17.6. The van der Waals surface area contributed by atoms with Crippen LogP contribution in [0.25, 0.3) is 93.6 Å². The molecule has 11 aromatic rings. The first-order valence-corrected chi connectivity index (χ1v) is 17.6. The number of halogens is 2. The van der Waals surface area contributed by atoms with Crippen molar-refractivity contribution in [3.63, 3.8) is 0 Å². The Morgan fingerprint density at radius 2 is 0.792 bits per heavy atom. The van der Waals surface area contributed by atoms with Crippen LogP contribution >= 0.6 is 0 Å². The number of rotatable bonds is 4. The Morgan fingerprint density at radius 3 is 1.26 bits per heavy atom. The fourth-order valence-corrected chi connectivity index (χ4v) is 8.53. The molecule has 0 aliphatic heterocycles. The van der Waals surface area contributed by atoms with E-state index >= 15 is 4.39 Å². The van der Waals surface area contributed by atoms with Crippen LogP contribution in [0, 0.1) is 11.9 Å². The van der Waals surface area contributed by atoms with Crippen LogP contribution in [0.4, 0.5) is 8.78 Å². The van der Waals surface area contributed by atoms with Gasteiger partial charge < -0.3 is 13.7 Å². The summed E-state index contributed by atoms with van der Waals surface area (Å²) in [6.45, 7) is 0. The van der Waals surface area contributed by atoms with E-state index in [0.29, 0.717) is 5.56 Å². The average molecular weight is 687 g/mol. The van der Waals surface area contributed by atoms with Gasteiger partial charge in [0.05, 0.1) is 33.1 Å². The molecule has 0 spiro atoms. The van der Waals surface area contributed by atoms with E-state index in [1.54, 1.807) is 0 Å². The van der Waals surface area contributed by atoms with Crippen molar-refractivity contribution in [3.05, 3.63) is 182 Å². The predicted octanol–water partition coefficient (Wildman–Crippen LogP) is 12.3. The van der Waals surface area contributed by atoms with Crippen molar-refractivity contribution in [2.75, 3.05) is 0 Å². The molecule has 0 bridgehead atoms. The zero-order valence-corrected chi connectivity index (χ0v) is 28.2. The molecular weight excluding hydrogens is 659 g/mol. The number of aromatic nitrogens is 4. The van der Waals surface area contributed by atoms with Gasteiger partial charge in [-0.15, -0.1) is 0 Å². The molecule has 0 aliphatic rings. The highest BCUT2D eigenvalue weighted by molar-refractivity contribution is 6.40. The average Bonchev–Trinajstić information content (AvgIpc) is 3.84. The van der Waals surface area contributed by atoms with Gasteiger partial charge >= 0.3 is 0 Å². The molecule has 0 fully saturated rings. The molecule has 4 heterocycles. The molecule has 0 N–H and O–H groups in total. The predicted molar refractivity (Wildman–Crippen MR) is 213 cm³/mol. The third kappa shape index (κ3) is 4.17. The summed E-state index contributed by atoms with van der Waals surface area (Å²) in [6, 6.07) is 57.4. The summed E-state index contributed by atoms with van der Waals surface area (Å²) < 4.78 is 36.6. The van der Waals surface area contributed by atoms with E-state index in [4.69, 9.17) is 0 Å². The maximum absolute atomic E-state index is 15.4. The Balaban J connectivity index is 1.49. The van der Waals surface area contributed by atoms with Crippen LogP contribution in [0.15, 0.2) is 170 Å². The van der Waals surface area contributed by atoms with Gasteiger partial charge in [-0.2, -0.15) is 13.8 Å². The third-order valence-corrected chi connectivity index (χ3v) is 10.6. The summed E-state index contributed by atoms with van der Waals surface area (Å²) in [5.41, 5.74) is 10.3. The van der Waals surface area contributed by atoms with E-state index < -0.39 is 11.9 Å². The van der Waals surface area contributed by atoms with E-state index in [2.05, 4.69) is 152 Å². The highest BCUT2D eigenvalue weighted by Gasteiger charge is 2.29. The first kappa shape index (κ1) is 29.7. The molecule has 0 saturated heterocycles. The topological polar surface area (TPSA) is 27.7 Å². The Hall–Kier alpha value is -7.05. The summed E-state index contributed by atoms with van der Waals surface area (Å²) >= 11 is 0. The molecule has 0 unspecified atom stereocenters. The molecule has 4 nitrogen and oxygen atoms in total. The number of hydrogen-bond donors (Lipinski definition) is 0. The number of para-hydroxylation sites is 5. The normalized spacial score (nSPS) is 12.0. The van der Waals surface area contributed by atoms with Crippen LogP contribution in [0.2, 0.25) is 0 Å². The molecule has 53 heavy (non-hydrogen) atoms. The number of pyridine rings is 1. The minimum atomic E-state index is -0.848. The molecule has 250 valence electrons. The van der Waals surface area contributed by atoms with Crippen molar-refractivity contribution in [3.8, 4) is 28.2 Å². The van der Waals surface area contributed by atoms with Crippen LogP contribution in [0.3, 0.4) is 0 Å². The zero-order chi connectivity index (χ0) is 35.2. The standard InChI is InChI=1S/C47H28F2N4/c48-40-27-25-33(47(49)50-40)29-24-26-39-36(28-29)43-45-41(35-21-11-13-23-38(35)52(45)31-16-6-2-7-17-31)44-42(46(43)53(39)32-18-8-3-9-19-32)34-20-10-12-22-37(34)51(44)30-14-4-1-5-15-30/h1-28H. The van der Waals surface area contributed by atoms with Gasteiger partial charge in [0.15, 0.2) is 0 Å². The Bertz CT molecular complexity index is 3190. The van der Waals surface area contributed by atoms with E-state index in [1.807, 2.05) is 24.3 Å². The van der Waals surface area contributed by atoms with Crippen molar-refractivity contribution in [2.45, 2.75) is 0 Å². The molecule has 0 saturated carbocycles. The second-order valence-electron chi connectivity index (χ2n) is 13.4. The number of benzene rings is 7. The third-order valence-electron chi connectivity index (χ3n) is 10.6. The zero-order valence-electron chi connectivity index (χ0n) is 28.2. The van der Waals surface area contributed by atoms with Crippen molar-refractivity contribution < 1.29 is 8.78 Å². The molecule has 0 atom stereocenters. The molecule has 11 rings (SSSR count). The monoisotopic (exact) mass is 686 g/mol. The van der Waals surface area contributed by atoms with Crippen molar-refractivity contribution >= 4 is 65.4 Å². The molecule has 4 aromatic heterocycles. The van der Waals surface area contributed by atoms with Crippen LogP contribution in [0.5, 0.6) is 0 Å². The van der Waals surface area contributed by atoms with Gasteiger partial charge in [0.1, 0.15) is 0 Å². The minimum Gasteiger partial charge on any atom is -0.308 e. The lowest BCUT2D eigenvalue weighted by atomic mass is 10.00. The fraction of sp³-hybridized carbons (Fsp3) is 0. The lowest BCUT2D eigenvalue weighted by molar-refractivity contribution is 0.515.